The van der Waals surface area contributed by atoms with Gasteiger partial charge in [-0.05, 0) is 42.9 Å². The third kappa shape index (κ3) is 2.52. The lowest BCUT2D eigenvalue weighted by atomic mass is 10.1. The largest absolute Gasteiger partial charge is 0.348 e. The first kappa shape index (κ1) is 13.4. The predicted octanol–water partition coefficient (Wildman–Crippen LogP) is 2.56. The van der Waals surface area contributed by atoms with Crippen LogP contribution in [-0.2, 0) is 26.4 Å². The smallest absolute Gasteiger partial charge is 0.0639 e. The Kier molecular flexibility index (Phi) is 3.66. The van der Waals surface area contributed by atoms with Gasteiger partial charge in [-0.2, -0.15) is 5.10 Å². The number of aryl methyl sites for hydroxylation is 3. The first-order chi connectivity index (χ1) is 9.67. The molecule has 20 heavy (non-hydrogen) atoms. The Morgan fingerprint density at radius 2 is 2.20 bits per heavy atom. The zero-order chi connectivity index (χ0) is 14.1. The van der Waals surface area contributed by atoms with Gasteiger partial charge in [-0.3, -0.25) is 4.68 Å². The van der Waals surface area contributed by atoms with Gasteiger partial charge in [-0.1, -0.05) is 13.3 Å². The highest BCUT2D eigenvalue weighted by molar-refractivity contribution is 5.29. The van der Waals surface area contributed by atoms with Gasteiger partial charge in [-0.15, -0.1) is 0 Å². The SMILES string of the molecule is CCc1cc(Cn2cc3c(c2)C(N)CCCC3)n(C)n1. The Morgan fingerprint density at radius 3 is 2.95 bits per heavy atom. The van der Waals surface area contributed by atoms with E-state index >= 15 is 0 Å². The highest BCUT2D eigenvalue weighted by Crippen LogP contribution is 2.28. The molecule has 1 unspecified atom stereocenters. The Morgan fingerprint density at radius 1 is 1.35 bits per heavy atom. The molecule has 2 heterocycles. The van der Waals surface area contributed by atoms with Gasteiger partial charge in [0, 0.05) is 25.5 Å². The average molecular weight is 272 g/mol. The second-order valence-corrected chi connectivity index (χ2v) is 5.87. The molecule has 0 saturated heterocycles. The summed E-state index contributed by atoms with van der Waals surface area (Å²) in [6.45, 7) is 3.02. The summed E-state index contributed by atoms with van der Waals surface area (Å²) in [7, 11) is 2.02. The average Bonchev–Trinajstić information content (AvgIpc) is 2.95. The summed E-state index contributed by atoms with van der Waals surface area (Å²) in [4.78, 5) is 0. The van der Waals surface area contributed by atoms with Crippen molar-refractivity contribution in [2.45, 2.75) is 51.6 Å². The molecule has 0 amide bonds. The third-order valence-electron chi connectivity index (χ3n) is 4.34. The van der Waals surface area contributed by atoms with Crippen LogP contribution in [0.3, 0.4) is 0 Å². The van der Waals surface area contributed by atoms with Crippen LogP contribution < -0.4 is 5.73 Å². The molecule has 0 spiro atoms. The molecular formula is C16H24N4. The van der Waals surface area contributed by atoms with Crippen molar-refractivity contribution in [2.75, 3.05) is 0 Å². The first-order valence-electron chi connectivity index (χ1n) is 7.63. The Hall–Kier alpha value is -1.55. The molecule has 1 aliphatic rings. The van der Waals surface area contributed by atoms with Crippen LogP contribution in [0.5, 0.6) is 0 Å². The van der Waals surface area contributed by atoms with E-state index in [9.17, 15) is 0 Å². The van der Waals surface area contributed by atoms with Crippen LogP contribution in [0.4, 0.5) is 0 Å². The second kappa shape index (κ2) is 5.44. The summed E-state index contributed by atoms with van der Waals surface area (Å²) in [5.41, 5.74) is 11.5. The fourth-order valence-corrected chi connectivity index (χ4v) is 3.12. The van der Waals surface area contributed by atoms with Crippen LogP contribution in [0.2, 0.25) is 0 Å². The summed E-state index contributed by atoms with van der Waals surface area (Å²) >= 11 is 0. The molecule has 2 aromatic rings. The molecule has 4 heteroatoms. The second-order valence-electron chi connectivity index (χ2n) is 5.87. The highest BCUT2D eigenvalue weighted by atomic mass is 15.3. The maximum Gasteiger partial charge on any atom is 0.0639 e. The standard InChI is InChI=1S/C16H24N4/c1-3-13-8-14(19(2)18-13)10-20-9-12-6-4-5-7-16(17)15(12)11-20/h8-9,11,16H,3-7,10,17H2,1-2H3. The third-order valence-corrected chi connectivity index (χ3v) is 4.34. The van der Waals surface area contributed by atoms with Gasteiger partial charge >= 0.3 is 0 Å². The van der Waals surface area contributed by atoms with Gasteiger partial charge in [0.1, 0.15) is 0 Å². The van der Waals surface area contributed by atoms with E-state index in [1.807, 2.05) is 11.7 Å². The summed E-state index contributed by atoms with van der Waals surface area (Å²) < 4.78 is 4.26. The van der Waals surface area contributed by atoms with E-state index in [0.717, 1.165) is 25.1 Å². The Labute approximate surface area is 120 Å². The van der Waals surface area contributed by atoms with Crippen molar-refractivity contribution in [3.8, 4) is 0 Å². The van der Waals surface area contributed by atoms with E-state index in [1.165, 1.54) is 36.1 Å². The Bertz CT molecular complexity index is 594. The fourth-order valence-electron chi connectivity index (χ4n) is 3.12. The molecule has 2 N–H and O–H groups in total. The van der Waals surface area contributed by atoms with Crippen LogP contribution in [0.1, 0.15) is 54.7 Å². The molecule has 2 aromatic heterocycles. The molecule has 108 valence electrons. The van der Waals surface area contributed by atoms with Crippen LogP contribution in [0, 0.1) is 0 Å². The maximum absolute atomic E-state index is 6.28. The molecule has 1 atom stereocenters. The highest BCUT2D eigenvalue weighted by Gasteiger charge is 2.17. The molecule has 0 radical (unpaired) electrons. The lowest BCUT2D eigenvalue weighted by Crippen LogP contribution is -2.09. The minimum Gasteiger partial charge on any atom is -0.348 e. The van der Waals surface area contributed by atoms with Gasteiger partial charge in [0.2, 0.25) is 0 Å². The fraction of sp³-hybridized carbons (Fsp3) is 0.562. The topological polar surface area (TPSA) is 48.8 Å². The van der Waals surface area contributed by atoms with Crippen LogP contribution in [0.25, 0.3) is 0 Å². The molecule has 3 rings (SSSR count). The van der Waals surface area contributed by atoms with E-state index in [-0.39, 0.29) is 6.04 Å². The van der Waals surface area contributed by atoms with E-state index < -0.39 is 0 Å². The van der Waals surface area contributed by atoms with Crippen molar-refractivity contribution in [3.05, 3.63) is 41.0 Å². The minimum absolute atomic E-state index is 0.214. The van der Waals surface area contributed by atoms with E-state index in [2.05, 4.69) is 35.0 Å². The van der Waals surface area contributed by atoms with Crippen molar-refractivity contribution < 1.29 is 0 Å². The quantitative estimate of drug-likeness (QED) is 0.873. The molecule has 0 bridgehead atoms. The van der Waals surface area contributed by atoms with E-state index in [4.69, 9.17) is 5.73 Å². The molecule has 4 nitrogen and oxygen atoms in total. The number of hydrogen-bond donors (Lipinski definition) is 1. The van der Waals surface area contributed by atoms with Crippen LogP contribution >= 0.6 is 0 Å². The number of rotatable bonds is 3. The lowest BCUT2D eigenvalue weighted by molar-refractivity contribution is 0.607. The summed E-state index contributed by atoms with van der Waals surface area (Å²) in [6.07, 6.45) is 10.3. The molecule has 1 aliphatic carbocycles. The lowest BCUT2D eigenvalue weighted by Gasteiger charge is -2.07. The van der Waals surface area contributed by atoms with Gasteiger partial charge in [0.05, 0.1) is 17.9 Å². The number of aromatic nitrogens is 3. The van der Waals surface area contributed by atoms with Gasteiger partial charge in [-0.25, -0.2) is 0 Å². The number of fused-ring (bicyclic) bond motifs is 1. The number of nitrogens with zero attached hydrogens (tertiary/aromatic N) is 3. The van der Waals surface area contributed by atoms with Crippen molar-refractivity contribution >= 4 is 0 Å². The van der Waals surface area contributed by atoms with Gasteiger partial charge < -0.3 is 10.3 Å². The van der Waals surface area contributed by atoms with Crippen LogP contribution in [-0.4, -0.2) is 14.3 Å². The van der Waals surface area contributed by atoms with Crippen molar-refractivity contribution in [3.63, 3.8) is 0 Å². The Balaban J connectivity index is 1.84. The molecule has 0 aromatic carbocycles. The monoisotopic (exact) mass is 272 g/mol. The minimum atomic E-state index is 0.214. The number of hydrogen-bond acceptors (Lipinski definition) is 2. The van der Waals surface area contributed by atoms with Crippen molar-refractivity contribution in [1.29, 1.82) is 0 Å². The number of nitrogens with two attached hydrogens (primary N) is 1. The van der Waals surface area contributed by atoms with Crippen molar-refractivity contribution in [2.24, 2.45) is 12.8 Å². The zero-order valence-electron chi connectivity index (χ0n) is 12.5. The summed E-state index contributed by atoms with van der Waals surface area (Å²) in [6, 6.07) is 2.41. The molecule has 0 fully saturated rings. The summed E-state index contributed by atoms with van der Waals surface area (Å²) in [5.74, 6) is 0. The van der Waals surface area contributed by atoms with E-state index in [0.29, 0.717) is 0 Å². The van der Waals surface area contributed by atoms with Gasteiger partial charge in [0.15, 0.2) is 0 Å². The zero-order valence-corrected chi connectivity index (χ0v) is 12.5. The van der Waals surface area contributed by atoms with Gasteiger partial charge in [0.25, 0.3) is 0 Å². The molecule has 0 aliphatic heterocycles. The van der Waals surface area contributed by atoms with Crippen LogP contribution in [0.15, 0.2) is 18.5 Å². The first-order valence-corrected chi connectivity index (χ1v) is 7.63. The maximum atomic E-state index is 6.28. The van der Waals surface area contributed by atoms with Crippen molar-refractivity contribution in [1.82, 2.24) is 14.3 Å². The molecular weight excluding hydrogens is 248 g/mol. The molecule has 0 saturated carbocycles. The predicted molar refractivity (Wildman–Crippen MR) is 80.6 cm³/mol. The summed E-state index contributed by atoms with van der Waals surface area (Å²) in [5, 5.41) is 4.52. The van der Waals surface area contributed by atoms with E-state index in [1.54, 1.807) is 0 Å². The normalized spacial score (nSPS) is 18.9.